The molecule has 2 rings (SSSR count). The SMILES string of the molecule is Cc1cc2nccc(Cl)c2cc1F. The van der Waals surface area contributed by atoms with Gasteiger partial charge in [0.15, 0.2) is 0 Å². The van der Waals surface area contributed by atoms with Gasteiger partial charge >= 0.3 is 0 Å². The number of hydrogen-bond donors (Lipinski definition) is 0. The fourth-order valence-electron chi connectivity index (χ4n) is 1.24. The van der Waals surface area contributed by atoms with E-state index in [0.29, 0.717) is 16.0 Å². The molecule has 13 heavy (non-hydrogen) atoms. The maximum absolute atomic E-state index is 13.1. The molecule has 0 aliphatic carbocycles. The zero-order valence-electron chi connectivity index (χ0n) is 7.01. The third-order valence-electron chi connectivity index (χ3n) is 1.97. The Bertz CT molecular complexity index is 468. The summed E-state index contributed by atoms with van der Waals surface area (Å²) in [6, 6.07) is 4.76. The standard InChI is InChI=1S/C10H7ClFN/c1-6-4-10-7(5-9(6)12)8(11)2-3-13-10/h2-5H,1H3. The number of aromatic nitrogens is 1. The second-order valence-corrected chi connectivity index (χ2v) is 3.32. The molecular weight excluding hydrogens is 189 g/mol. The van der Waals surface area contributed by atoms with E-state index in [9.17, 15) is 4.39 Å². The van der Waals surface area contributed by atoms with Crippen molar-refractivity contribution in [3.63, 3.8) is 0 Å². The molecule has 0 aliphatic heterocycles. The maximum Gasteiger partial charge on any atom is 0.126 e. The van der Waals surface area contributed by atoms with E-state index in [1.807, 2.05) is 0 Å². The lowest BCUT2D eigenvalue weighted by Crippen LogP contribution is -1.85. The lowest BCUT2D eigenvalue weighted by Gasteiger charge is -2.01. The lowest BCUT2D eigenvalue weighted by atomic mass is 10.1. The van der Waals surface area contributed by atoms with Crippen LogP contribution < -0.4 is 0 Å². The Kier molecular flexibility index (Phi) is 1.93. The van der Waals surface area contributed by atoms with E-state index in [4.69, 9.17) is 11.6 Å². The fourth-order valence-corrected chi connectivity index (χ4v) is 1.44. The molecule has 0 saturated carbocycles. The van der Waals surface area contributed by atoms with Crippen LogP contribution in [0.1, 0.15) is 5.56 Å². The number of nitrogens with zero attached hydrogens (tertiary/aromatic N) is 1. The van der Waals surface area contributed by atoms with Gasteiger partial charge in [0.2, 0.25) is 0 Å². The molecule has 1 heterocycles. The monoisotopic (exact) mass is 195 g/mol. The highest BCUT2D eigenvalue weighted by atomic mass is 35.5. The molecule has 1 nitrogen and oxygen atoms in total. The molecule has 0 fully saturated rings. The van der Waals surface area contributed by atoms with Gasteiger partial charge in [-0.15, -0.1) is 0 Å². The number of benzene rings is 1. The molecule has 0 aliphatic rings. The smallest absolute Gasteiger partial charge is 0.126 e. The Balaban J connectivity index is 2.89. The number of hydrogen-bond acceptors (Lipinski definition) is 1. The van der Waals surface area contributed by atoms with Crippen LogP contribution in [0.5, 0.6) is 0 Å². The van der Waals surface area contributed by atoms with Crippen molar-refractivity contribution >= 4 is 22.5 Å². The van der Waals surface area contributed by atoms with Crippen molar-refractivity contribution < 1.29 is 4.39 Å². The van der Waals surface area contributed by atoms with Crippen LogP contribution in [-0.2, 0) is 0 Å². The van der Waals surface area contributed by atoms with Crippen molar-refractivity contribution in [3.8, 4) is 0 Å². The van der Waals surface area contributed by atoms with E-state index in [1.54, 1.807) is 25.3 Å². The summed E-state index contributed by atoms with van der Waals surface area (Å²) in [6.45, 7) is 1.71. The van der Waals surface area contributed by atoms with Gasteiger partial charge < -0.3 is 0 Å². The topological polar surface area (TPSA) is 12.9 Å². The number of halogens is 2. The zero-order chi connectivity index (χ0) is 9.42. The highest BCUT2D eigenvalue weighted by molar-refractivity contribution is 6.35. The van der Waals surface area contributed by atoms with Crippen molar-refractivity contribution in [3.05, 3.63) is 40.8 Å². The first-order valence-electron chi connectivity index (χ1n) is 3.89. The summed E-state index contributed by atoms with van der Waals surface area (Å²) in [6.07, 6.45) is 1.61. The molecule has 1 aromatic heterocycles. The van der Waals surface area contributed by atoms with E-state index in [0.717, 1.165) is 5.52 Å². The van der Waals surface area contributed by atoms with E-state index in [1.165, 1.54) is 6.07 Å². The molecule has 0 atom stereocenters. The highest BCUT2D eigenvalue weighted by Gasteiger charge is 2.03. The zero-order valence-corrected chi connectivity index (χ0v) is 7.77. The van der Waals surface area contributed by atoms with Gasteiger partial charge in [-0.05, 0) is 30.7 Å². The second kappa shape index (κ2) is 2.96. The highest BCUT2D eigenvalue weighted by Crippen LogP contribution is 2.23. The van der Waals surface area contributed by atoms with E-state index < -0.39 is 0 Å². The summed E-state index contributed by atoms with van der Waals surface area (Å²) in [5.41, 5.74) is 1.31. The van der Waals surface area contributed by atoms with Gasteiger partial charge in [0.25, 0.3) is 0 Å². The third kappa shape index (κ3) is 1.38. The molecular formula is C10H7ClFN. The summed E-state index contributed by atoms with van der Waals surface area (Å²) < 4.78 is 13.1. The van der Waals surface area contributed by atoms with Crippen LogP contribution in [-0.4, -0.2) is 4.98 Å². The summed E-state index contributed by atoms with van der Waals surface area (Å²) in [5, 5.41) is 1.19. The summed E-state index contributed by atoms with van der Waals surface area (Å²) in [5.74, 6) is -0.248. The minimum atomic E-state index is -0.248. The van der Waals surface area contributed by atoms with E-state index in [2.05, 4.69) is 4.98 Å². The van der Waals surface area contributed by atoms with Crippen LogP contribution in [0.4, 0.5) is 4.39 Å². The summed E-state index contributed by atoms with van der Waals surface area (Å²) in [7, 11) is 0. The van der Waals surface area contributed by atoms with Crippen molar-refractivity contribution in [2.75, 3.05) is 0 Å². The van der Waals surface area contributed by atoms with Crippen LogP contribution in [0, 0.1) is 12.7 Å². The molecule has 0 N–H and O–H groups in total. The predicted molar refractivity (Wildman–Crippen MR) is 51.4 cm³/mol. The normalized spacial score (nSPS) is 10.7. The first kappa shape index (κ1) is 8.45. The van der Waals surface area contributed by atoms with Crippen molar-refractivity contribution in [1.82, 2.24) is 4.98 Å². The minimum Gasteiger partial charge on any atom is -0.256 e. The van der Waals surface area contributed by atoms with Gasteiger partial charge in [-0.3, -0.25) is 4.98 Å². The average molecular weight is 196 g/mol. The molecule has 0 bridgehead atoms. The van der Waals surface area contributed by atoms with Gasteiger partial charge in [0, 0.05) is 11.6 Å². The van der Waals surface area contributed by atoms with Crippen LogP contribution >= 0.6 is 11.6 Å². The van der Waals surface area contributed by atoms with Gasteiger partial charge in [0.05, 0.1) is 10.5 Å². The molecule has 0 saturated heterocycles. The third-order valence-corrected chi connectivity index (χ3v) is 2.30. The molecule has 2 aromatic rings. The quantitative estimate of drug-likeness (QED) is 0.628. The molecule has 66 valence electrons. The Morgan fingerprint density at radius 1 is 1.38 bits per heavy atom. The average Bonchev–Trinajstić information content (AvgIpc) is 2.09. The summed E-state index contributed by atoms with van der Waals surface area (Å²) in [4.78, 5) is 4.09. The van der Waals surface area contributed by atoms with Gasteiger partial charge in [-0.1, -0.05) is 11.6 Å². The van der Waals surface area contributed by atoms with Gasteiger partial charge in [-0.25, -0.2) is 4.39 Å². The fraction of sp³-hybridized carbons (Fsp3) is 0.100. The van der Waals surface area contributed by atoms with Crippen LogP contribution in [0.15, 0.2) is 24.4 Å². The molecule has 1 aromatic carbocycles. The van der Waals surface area contributed by atoms with Gasteiger partial charge in [-0.2, -0.15) is 0 Å². The predicted octanol–water partition coefficient (Wildman–Crippen LogP) is 3.34. The Morgan fingerprint density at radius 2 is 2.15 bits per heavy atom. The molecule has 0 amide bonds. The van der Waals surface area contributed by atoms with E-state index in [-0.39, 0.29) is 5.82 Å². The van der Waals surface area contributed by atoms with Crippen LogP contribution in [0.3, 0.4) is 0 Å². The summed E-state index contributed by atoms with van der Waals surface area (Å²) >= 11 is 5.87. The maximum atomic E-state index is 13.1. The molecule has 3 heteroatoms. The number of fused-ring (bicyclic) bond motifs is 1. The Hall–Kier alpha value is -1.15. The molecule has 0 spiro atoms. The number of pyridine rings is 1. The van der Waals surface area contributed by atoms with Crippen molar-refractivity contribution in [1.29, 1.82) is 0 Å². The van der Waals surface area contributed by atoms with E-state index >= 15 is 0 Å². The number of aryl methyl sites for hydroxylation is 1. The minimum absolute atomic E-state index is 0.248. The first-order chi connectivity index (χ1) is 6.18. The van der Waals surface area contributed by atoms with Crippen molar-refractivity contribution in [2.24, 2.45) is 0 Å². The molecule has 0 radical (unpaired) electrons. The second-order valence-electron chi connectivity index (χ2n) is 2.91. The first-order valence-corrected chi connectivity index (χ1v) is 4.26. The largest absolute Gasteiger partial charge is 0.256 e. The van der Waals surface area contributed by atoms with Crippen molar-refractivity contribution in [2.45, 2.75) is 6.92 Å². The van der Waals surface area contributed by atoms with Crippen LogP contribution in [0.2, 0.25) is 5.02 Å². The van der Waals surface area contributed by atoms with Crippen LogP contribution in [0.25, 0.3) is 10.9 Å². The Labute approximate surface area is 80.2 Å². The number of rotatable bonds is 0. The Morgan fingerprint density at radius 3 is 2.92 bits per heavy atom. The lowest BCUT2D eigenvalue weighted by molar-refractivity contribution is 0.620. The molecule has 0 unspecified atom stereocenters. The van der Waals surface area contributed by atoms with Gasteiger partial charge in [0.1, 0.15) is 5.82 Å².